The molecule has 0 radical (unpaired) electrons. The zero-order valence-corrected chi connectivity index (χ0v) is 26.8. The number of benzene rings is 3. The van der Waals surface area contributed by atoms with Gasteiger partial charge in [-0.25, -0.2) is 4.39 Å². The predicted octanol–water partition coefficient (Wildman–Crippen LogP) is 7.22. The Morgan fingerprint density at radius 2 is 1.84 bits per heavy atom. The molecule has 8 heteroatoms. The maximum Gasteiger partial charge on any atom is 0.127 e. The summed E-state index contributed by atoms with van der Waals surface area (Å²) >= 11 is 7.06. The molecule has 6 nitrogen and oxygen atoms in total. The lowest BCUT2D eigenvalue weighted by Gasteiger charge is -2.24. The van der Waals surface area contributed by atoms with Crippen LogP contribution in [0, 0.1) is 32.5 Å². The summed E-state index contributed by atoms with van der Waals surface area (Å²) in [5.41, 5.74) is 8.18. The fourth-order valence-corrected chi connectivity index (χ4v) is 8.06. The predicted molar refractivity (Wildman–Crippen MR) is 177 cm³/mol. The third kappa shape index (κ3) is 5.09. The van der Waals surface area contributed by atoms with Crippen LogP contribution in [0.15, 0.2) is 48.5 Å². The molecule has 2 unspecified atom stereocenters. The Bertz CT molecular complexity index is 1860. The van der Waals surface area contributed by atoms with Crippen molar-refractivity contribution in [3.05, 3.63) is 82.0 Å². The minimum Gasteiger partial charge on any atom is -0.493 e. The number of aromatic nitrogens is 3. The highest BCUT2D eigenvalue weighted by Crippen LogP contribution is 2.42. The van der Waals surface area contributed by atoms with Crippen LogP contribution >= 0.6 is 11.6 Å². The van der Waals surface area contributed by atoms with Gasteiger partial charge in [-0.1, -0.05) is 29.8 Å². The van der Waals surface area contributed by atoms with Gasteiger partial charge in [0, 0.05) is 66.0 Å². The van der Waals surface area contributed by atoms with Crippen molar-refractivity contribution in [3.63, 3.8) is 0 Å². The lowest BCUT2D eigenvalue weighted by Crippen LogP contribution is -2.36. The summed E-state index contributed by atoms with van der Waals surface area (Å²) in [6.45, 7) is 12.4. The third-order valence-corrected chi connectivity index (χ3v) is 10.4. The van der Waals surface area contributed by atoms with Crippen LogP contribution in [0.3, 0.4) is 0 Å². The molecule has 0 bridgehead atoms. The molecular formula is C36H41ClFN5O. The number of halogens is 2. The highest BCUT2D eigenvalue weighted by molar-refractivity contribution is 6.35. The summed E-state index contributed by atoms with van der Waals surface area (Å²) in [5.74, 6) is 1.34. The van der Waals surface area contributed by atoms with Gasteiger partial charge in [-0.2, -0.15) is 5.10 Å². The number of nitrogens with one attached hydrogen (secondary N) is 1. The van der Waals surface area contributed by atoms with Gasteiger partial charge in [0.05, 0.1) is 22.8 Å². The van der Waals surface area contributed by atoms with Gasteiger partial charge in [0.2, 0.25) is 0 Å². The highest BCUT2D eigenvalue weighted by atomic mass is 35.5. The maximum absolute atomic E-state index is 13.8. The normalized spacial score (nSPS) is 18.6. The second-order valence-corrected chi connectivity index (χ2v) is 13.0. The first-order valence-corrected chi connectivity index (χ1v) is 16.3. The standard InChI is InChI=1S/C36H41ClFN5O/c1-22-34(24(3)41(4)40-22)35-31(37)13-12-30-28(8-6-18-44-33-9-5-7-25-19-27(38)10-11-29(25)33)23(2)43(36(30)35)17-16-42-15-14-26-20-39-21-32(26)42/h5,7,9-13,19,26,32,39H,6,8,14-18,20-21H2,1-4H3. The number of rotatable bonds is 9. The number of hydrogen-bond donors (Lipinski definition) is 1. The zero-order chi connectivity index (χ0) is 30.5. The Hall–Kier alpha value is -3.39. The summed E-state index contributed by atoms with van der Waals surface area (Å²) < 4.78 is 24.5. The first kappa shape index (κ1) is 29.3. The van der Waals surface area contributed by atoms with E-state index in [2.05, 4.69) is 47.7 Å². The lowest BCUT2D eigenvalue weighted by molar-refractivity contribution is 0.243. The largest absolute Gasteiger partial charge is 0.493 e. The van der Waals surface area contributed by atoms with E-state index in [1.165, 1.54) is 41.2 Å². The summed E-state index contributed by atoms with van der Waals surface area (Å²) in [6, 6.07) is 15.6. The smallest absolute Gasteiger partial charge is 0.127 e. The maximum atomic E-state index is 13.8. The molecule has 0 amide bonds. The van der Waals surface area contributed by atoms with E-state index in [9.17, 15) is 4.39 Å². The second kappa shape index (κ2) is 11.8. The highest BCUT2D eigenvalue weighted by Gasteiger charge is 2.37. The summed E-state index contributed by atoms with van der Waals surface area (Å²) in [4.78, 5) is 2.68. The summed E-state index contributed by atoms with van der Waals surface area (Å²) in [5, 5.41) is 12.2. The van der Waals surface area contributed by atoms with Crippen LogP contribution in [0.5, 0.6) is 5.75 Å². The number of aryl methyl sites for hydroxylation is 3. The van der Waals surface area contributed by atoms with E-state index in [-0.39, 0.29) is 5.82 Å². The molecule has 0 aliphatic carbocycles. The Morgan fingerprint density at radius 1 is 1.00 bits per heavy atom. The van der Waals surface area contributed by atoms with Gasteiger partial charge in [0.25, 0.3) is 0 Å². The van der Waals surface area contributed by atoms with Gasteiger partial charge in [-0.3, -0.25) is 9.58 Å². The molecule has 2 fully saturated rings. The minimum absolute atomic E-state index is 0.234. The van der Waals surface area contributed by atoms with Crippen LogP contribution < -0.4 is 10.1 Å². The summed E-state index contributed by atoms with van der Waals surface area (Å²) in [6.07, 6.45) is 3.03. The molecule has 1 N–H and O–H groups in total. The first-order chi connectivity index (χ1) is 21.3. The van der Waals surface area contributed by atoms with Gasteiger partial charge in [-0.05, 0) is 100 Å². The van der Waals surface area contributed by atoms with Gasteiger partial charge in [0.15, 0.2) is 0 Å². The topological polar surface area (TPSA) is 47.2 Å². The van der Waals surface area contributed by atoms with Crippen LogP contribution in [0.2, 0.25) is 5.02 Å². The van der Waals surface area contributed by atoms with Crippen LogP contribution in [-0.4, -0.2) is 58.1 Å². The number of ether oxygens (including phenoxy) is 1. The molecular weight excluding hydrogens is 573 g/mol. The summed E-state index contributed by atoms with van der Waals surface area (Å²) in [7, 11) is 2.00. The van der Waals surface area contributed by atoms with Crippen molar-refractivity contribution in [2.45, 2.75) is 52.6 Å². The number of nitrogens with zero attached hydrogens (tertiary/aromatic N) is 4. The Kier molecular flexibility index (Phi) is 7.89. The Morgan fingerprint density at radius 3 is 2.66 bits per heavy atom. The van der Waals surface area contributed by atoms with E-state index >= 15 is 0 Å². The quantitative estimate of drug-likeness (QED) is 0.178. The van der Waals surface area contributed by atoms with E-state index in [1.54, 1.807) is 12.1 Å². The molecule has 2 aromatic heterocycles. The molecule has 0 spiro atoms. The zero-order valence-electron chi connectivity index (χ0n) is 26.1. The average Bonchev–Trinajstić information content (AvgIpc) is 3.74. The first-order valence-electron chi connectivity index (χ1n) is 15.9. The van der Waals surface area contributed by atoms with Gasteiger partial charge >= 0.3 is 0 Å². The molecule has 0 saturated carbocycles. The minimum atomic E-state index is -0.234. The molecule has 2 aliphatic heterocycles. The van der Waals surface area contributed by atoms with Crippen molar-refractivity contribution in [3.8, 4) is 16.9 Å². The van der Waals surface area contributed by atoms with Crippen LogP contribution in [-0.2, 0) is 20.0 Å². The van der Waals surface area contributed by atoms with Crippen molar-refractivity contribution in [2.75, 3.05) is 32.8 Å². The van der Waals surface area contributed by atoms with Crippen molar-refractivity contribution in [1.82, 2.24) is 24.6 Å². The Balaban J connectivity index is 1.21. The molecule has 2 atom stereocenters. The fourth-order valence-electron chi connectivity index (χ4n) is 7.81. The molecule has 5 aromatic rings. The Labute approximate surface area is 263 Å². The van der Waals surface area contributed by atoms with E-state index in [0.29, 0.717) is 12.6 Å². The molecule has 4 heterocycles. The SMILES string of the molecule is Cc1nn(C)c(C)c1-c1c(Cl)ccc2c(CCCOc3cccc4cc(F)ccc34)c(C)n(CCN3CCC4CNCC43)c12. The average molecular weight is 614 g/mol. The van der Waals surface area contributed by atoms with Crippen LogP contribution in [0.1, 0.15) is 35.5 Å². The molecule has 44 heavy (non-hydrogen) atoms. The van der Waals surface area contributed by atoms with Crippen molar-refractivity contribution in [1.29, 1.82) is 0 Å². The van der Waals surface area contributed by atoms with Gasteiger partial charge < -0.3 is 14.6 Å². The van der Waals surface area contributed by atoms with Crippen molar-refractivity contribution in [2.24, 2.45) is 13.0 Å². The number of fused-ring (bicyclic) bond motifs is 3. The monoisotopic (exact) mass is 613 g/mol. The van der Waals surface area contributed by atoms with Crippen LogP contribution in [0.4, 0.5) is 4.39 Å². The van der Waals surface area contributed by atoms with E-state index in [0.717, 1.165) is 89.0 Å². The lowest BCUT2D eigenvalue weighted by atomic mass is 9.98. The third-order valence-electron chi connectivity index (χ3n) is 10.1. The van der Waals surface area contributed by atoms with Crippen LogP contribution in [0.25, 0.3) is 32.8 Å². The van der Waals surface area contributed by atoms with Gasteiger partial charge in [-0.15, -0.1) is 0 Å². The van der Waals surface area contributed by atoms with Crippen molar-refractivity contribution >= 4 is 33.3 Å². The number of hydrogen-bond acceptors (Lipinski definition) is 4. The van der Waals surface area contributed by atoms with E-state index < -0.39 is 0 Å². The van der Waals surface area contributed by atoms with E-state index in [4.69, 9.17) is 21.4 Å². The molecule has 2 aliphatic rings. The molecule has 7 rings (SSSR count). The molecule has 230 valence electrons. The van der Waals surface area contributed by atoms with Gasteiger partial charge in [0.1, 0.15) is 11.6 Å². The molecule has 2 saturated heterocycles. The molecule has 3 aromatic carbocycles. The van der Waals surface area contributed by atoms with Crippen molar-refractivity contribution < 1.29 is 9.13 Å². The fraction of sp³-hybridized carbons (Fsp3) is 0.417. The van der Waals surface area contributed by atoms with E-state index in [1.807, 2.05) is 29.9 Å². The number of likely N-dealkylation sites (tertiary alicyclic amines) is 1. The second-order valence-electron chi connectivity index (χ2n) is 12.6.